The SMILES string of the molecule is Cc1ccc(NC(=O)Cc2ccc(C(F)(F)F)cc2)c(C)c1. The number of carbonyl (C=O) groups is 1. The van der Waals surface area contributed by atoms with Crippen LogP contribution in [0.1, 0.15) is 22.3 Å². The summed E-state index contributed by atoms with van der Waals surface area (Å²) in [5, 5.41) is 2.77. The number of hydrogen-bond donors (Lipinski definition) is 1. The van der Waals surface area contributed by atoms with Crippen LogP contribution in [0.2, 0.25) is 0 Å². The van der Waals surface area contributed by atoms with Gasteiger partial charge in [0.1, 0.15) is 0 Å². The molecule has 0 aliphatic carbocycles. The third-order valence-electron chi connectivity index (χ3n) is 3.30. The number of alkyl halides is 3. The number of nitrogens with one attached hydrogen (secondary N) is 1. The second kappa shape index (κ2) is 6.22. The molecule has 22 heavy (non-hydrogen) atoms. The Morgan fingerprint density at radius 2 is 1.68 bits per heavy atom. The highest BCUT2D eigenvalue weighted by Crippen LogP contribution is 2.29. The lowest BCUT2D eigenvalue weighted by molar-refractivity contribution is -0.137. The lowest BCUT2D eigenvalue weighted by Gasteiger charge is -2.10. The van der Waals surface area contributed by atoms with Gasteiger partial charge in [-0.15, -0.1) is 0 Å². The van der Waals surface area contributed by atoms with Crippen molar-refractivity contribution >= 4 is 11.6 Å². The molecule has 0 unspecified atom stereocenters. The zero-order valence-corrected chi connectivity index (χ0v) is 12.3. The summed E-state index contributed by atoms with van der Waals surface area (Å²) in [5.74, 6) is -0.258. The van der Waals surface area contributed by atoms with Crippen molar-refractivity contribution in [2.75, 3.05) is 5.32 Å². The molecule has 0 saturated heterocycles. The maximum Gasteiger partial charge on any atom is 0.416 e. The van der Waals surface area contributed by atoms with Crippen molar-refractivity contribution in [1.29, 1.82) is 0 Å². The normalized spacial score (nSPS) is 11.3. The van der Waals surface area contributed by atoms with Crippen LogP contribution in [-0.4, -0.2) is 5.91 Å². The predicted octanol–water partition coefficient (Wildman–Crippen LogP) is 4.50. The van der Waals surface area contributed by atoms with Gasteiger partial charge in [-0.05, 0) is 43.2 Å². The summed E-state index contributed by atoms with van der Waals surface area (Å²) in [6.07, 6.45) is -4.33. The number of benzene rings is 2. The molecule has 0 heterocycles. The van der Waals surface area contributed by atoms with Gasteiger partial charge in [0.05, 0.1) is 12.0 Å². The van der Waals surface area contributed by atoms with E-state index in [-0.39, 0.29) is 12.3 Å². The topological polar surface area (TPSA) is 29.1 Å². The number of anilines is 1. The van der Waals surface area contributed by atoms with Crippen LogP contribution in [0, 0.1) is 13.8 Å². The molecule has 0 aliphatic heterocycles. The molecule has 2 aromatic carbocycles. The molecule has 2 aromatic rings. The Kier molecular flexibility index (Phi) is 4.54. The fourth-order valence-electron chi connectivity index (χ4n) is 2.15. The van der Waals surface area contributed by atoms with Crippen LogP contribution in [0.15, 0.2) is 42.5 Å². The average molecular weight is 307 g/mol. The summed E-state index contributed by atoms with van der Waals surface area (Å²) in [6, 6.07) is 10.3. The third kappa shape index (κ3) is 4.10. The quantitative estimate of drug-likeness (QED) is 0.888. The van der Waals surface area contributed by atoms with Gasteiger partial charge in [0.25, 0.3) is 0 Å². The minimum Gasteiger partial charge on any atom is -0.326 e. The number of hydrogen-bond acceptors (Lipinski definition) is 1. The molecule has 2 rings (SSSR count). The van der Waals surface area contributed by atoms with Crippen LogP contribution in [0.3, 0.4) is 0 Å². The van der Waals surface area contributed by atoms with Crippen LogP contribution in [-0.2, 0) is 17.4 Å². The Hall–Kier alpha value is -2.30. The van der Waals surface area contributed by atoms with Gasteiger partial charge in [-0.2, -0.15) is 13.2 Å². The number of aryl methyl sites for hydroxylation is 2. The van der Waals surface area contributed by atoms with Crippen molar-refractivity contribution < 1.29 is 18.0 Å². The molecule has 1 amide bonds. The Balaban J connectivity index is 2.03. The van der Waals surface area contributed by atoms with Gasteiger partial charge in [-0.1, -0.05) is 29.8 Å². The molecule has 0 atom stereocenters. The second-order valence-electron chi connectivity index (χ2n) is 5.24. The number of carbonyl (C=O) groups excluding carboxylic acids is 1. The van der Waals surface area contributed by atoms with E-state index in [1.807, 2.05) is 32.0 Å². The molecule has 1 N–H and O–H groups in total. The number of amides is 1. The van der Waals surface area contributed by atoms with E-state index < -0.39 is 11.7 Å². The van der Waals surface area contributed by atoms with E-state index in [0.29, 0.717) is 11.3 Å². The third-order valence-corrected chi connectivity index (χ3v) is 3.30. The van der Waals surface area contributed by atoms with Crippen molar-refractivity contribution in [3.8, 4) is 0 Å². The van der Waals surface area contributed by atoms with Crippen LogP contribution >= 0.6 is 0 Å². The molecular formula is C17H16F3NO. The second-order valence-corrected chi connectivity index (χ2v) is 5.24. The van der Waals surface area contributed by atoms with Crippen molar-refractivity contribution in [3.63, 3.8) is 0 Å². The van der Waals surface area contributed by atoms with Gasteiger partial charge in [0.15, 0.2) is 0 Å². The van der Waals surface area contributed by atoms with E-state index in [2.05, 4.69) is 5.32 Å². The Morgan fingerprint density at radius 3 is 2.23 bits per heavy atom. The molecule has 116 valence electrons. The van der Waals surface area contributed by atoms with Crippen molar-refractivity contribution in [2.24, 2.45) is 0 Å². The minimum atomic E-state index is -4.36. The Morgan fingerprint density at radius 1 is 1.05 bits per heavy atom. The fraction of sp³-hybridized carbons (Fsp3) is 0.235. The zero-order valence-electron chi connectivity index (χ0n) is 12.3. The highest BCUT2D eigenvalue weighted by Gasteiger charge is 2.29. The number of rotatable bonds is 3. The Bertz CT molecular complexity index is 675. The lowest BCUT2D eigenvalue weighted by atomic mass is 10.1. The van der Waals surface area contributed by atoms with E-state index in [1.165, 1.54) is 12.1 Å². The zero-order chi connectivity index (χ0) is 16.3. The highest BCUT2D eigenvalue weighted by molar-refractivity contribution is 5.93. The molecule has 0 radical (unpaired) electrons. The Labute approximate surface area is 127 Å². The van der Waals surface area contributed by atoms with Gasteiger partial charge in [-0.3, -0.25) is 4.79 Å². The molecule has 5 heteroatoms. The molecule has 0 aliphatic rings. The first-order valence-electron chi connectivity index (χ1n) is 6.79. The summed E-state index contributed by atoms with van der Waals surface area (Å²) in [7, 11) is 0. The van der Waals surface area contributed by atoms with E-state index in [0.717, 1.165) is 23.3 Å². The van der Waals surface area contributed by atoms with Crippen LogP contribution < -0.4 is 5.32 Å². The first-order chi connectivity index (χ1) is 10.3. The van der Waals surface area contributed by atoms with E-state index >= 15 is 0 Å². The van der Waals surface area contributed by atoms with Crippen molar-refractivity contribution in [3.05, 3.63) is 64.7 Å². The highest BCUT2D eigenvalue weighted by atomic mass is 19.4. The fourth-order valence-corrected chi connectivity index (χ4v) is 2.15. The molecular weight excluding hydrogens is 291 g/mol. The van der Waals surface area contributed by atoms with Crippen LogP contribution in [0.5, 0.6) is 0 Å². The van der Waals surface area contributed by atoms with E-state index in [9.17, 15) is 18.0 Å². The summed E-state index contributed by atoms with van der Waals surface area (Å²) >= 11 is 0. The van der Waals surface area contributed by atoms with Gasteiger partial charge >= 0.3 is 6.18 Å². The summed E-state index contributed by atoms with van der Waals surface area (Å²) in [6.45, 7) is 3.85. The first kappa shape index (κ1) is 16.1. The van der Waals surface area contributed by atoms with Gasteiger partial charge in [0.2, 0.25) is 5.91 Å². The lowest BCUT2D eigenvalue weighted by Crippen LogP contribution is -2.15. The largest absolute Gasteiger partial charge is 0.416 e. The predicted molar refractivity (Wildman–Crippen MR) is 79.7 cm³/mol. The van der Waals surface area contributed by atoms with Crippen LogP contribution in [0.25, 0.3) is 0 Å². The summed E-state index contributed by atoms with van der Waals surface area (Å²) in [5.41, 5.74) is 2.57. The standard InChI is InChI=1S/C17H16F3NO/c1-11-3-8-15(12(2)9-11)21-16(22)10-13-4-6-14(7-5-13)17(18,19)20/h3-9H,10H2,1-2H3,(H,21,22). The van der Waals surface area contributed by atoms with E-state index in [4.69, 9.17) is 0 Å². The molecule has 0 fully saturated rings. The van der Waals surface area contributed by atoms with Gasteiger partial charge in [-0.25, -0.2) is 0 Å². The van der Waals surface area contributed by atoms with Gasteiger partial charge in [0, 0.05) is 5.69 Å². The first-order valence-corrected chi connectivity index (χ1v) is 6.79. The van der Waals surface area contributed by atoms with Gasteiger partial charge < -0.3 is 5.32 Å². The summed E-state index contributed by atoms with van der Waals surface area (Å²) in [4.78, 5) is 12.0. The van der Waals surface area contributed by atoms with Crippen molar-refractivity contribution in [1.82, 2.24) is 0 Å². The minimum absolute atomic E-state index is 0.0332. The van der Waals surface area contributed by atoms with Crippen LogP contribution in [0.4, 0.5) is 18.9 Å². The van der Waals surface area contributed by atoms with E-state index in [1.54, 1.807) is 0 Å². The molecule has 0 saturated carbocycles. The summed E-state index contributed by atoms with van der Waals surface area (Å²) < 4.78 is 37.4. The smallest absolute Gasteiger partial charge is 0.326 e. The monoisotopic (exact) mass is 307 g/mol. The molecule has 0 bridgehead atoms. The molecule has 0 spiro atoms. The van der Waals surface area contributed by atoms with Crippen molar-refractivity contribution in [2.45, 2.75) is 26.4 Å². The average Bonchev–Trinajstić information content (AvgIpc) is 2.41. The maximum atomic E-state index is 12.5. The molecule has 0 aromatic heterocycles. The number of halogens is 3. The maximum absolute atomic E-state index is 12.5. The molecule has 2 nitrogen and oxygen atoms in total.